The van der Waals surface area contributed by atoms with Gasteiger partial charge in [-0.2, -0.15) is 88.5 Å². The second-order valence-corrected chi connectivity index (χ2v) is 7.31. The van der Waals surface area contributed by atoms with Gasteiger partial charge in [0.15, 0.2) is 0 Å². The molecule has 0 heterocycles. The molecule has 0 spiro atoms. The Morgan fingerprint density at radius 1 is 0.258 bits per heavy atom. The quantitative estimate of drug-likeness (QED) is 0.148. The molecule has 5 rings (SSSR count). The van der Waals surface area contributed by atoms with Gasteiger partial charge in [-0.3, -0.25) is 0 Å². The zero-order valence-electron chi connectivity index (χ0n) is 19.4. The Labute approximate surface area is 202 Å². The Bertz CT molecular complexity index is 712. The van der Waals surface area contributed by atoms with Gasteiger partial charge in [0.1, 0.15) is 0 Å². The van der Waals surface area contributed by atoms with Gasteiger partial charge >= 0.3 is 19.5 Å². The maximum Gasteiger partial charge on any atom is 3.00 e. The third-order valence-electron chi connectivity index (χ3n) is 4.15. The van der Waals surface area contributed by atoms with Gasteiger partial charge in [0, 0.05) is 0 Å². The average Bonchev–Trinajstić information content (AvgIpc) is 3.50. The first-order valence-electron chi connectivity index (χ1n) is 10.4. The minimum absolute atomic E-state index is 0. The van der Waals surface area contributed by atoms with Crippen molar-refractivity contribution in [3.05, 3.63) is 149 Å². The molecule has 0 aliphatic rings. The molecular formula is C30H35Rh-2. The van der Waals surface area contributed by atoms with Crippen LogP contribution in [0.1, 0.15) is 27.8 Å². The summed E-state index contributed by atoms with van der Waals surface area (Å²) in [5.74, 6) is 0. The molecule has 31 heavy (non-hydrogen) atoms. The molecule has 5 aromatic carbocycles. The first-order valence-corrected chi connectivity index (χ1v) is 10.4. The molecule has 166 valence electrons. The van der Waals surface area contributed by atoms with Gasteiger partial charge in [-0.15, -0.1) is 0 Å². The standard InChI is InChI=1S/5C6H7.Rh/c5*1-6-4-2-3-5-6;/h5*2-5H,1H3;/q5*-1;+3. The van der Waals surface area contributed by atoms with Crippen molar-refractivity contribution in [1.29, 1.82) is 0 Å². The van der Waals surface area contributed by atoms with Crippen LogP contribution in [0.4, 0.5) is 0 Å². The second kappa shape index (κ2) is 18.2. The zero-order valence-corrected chi connectivity index (χ0v) is 21.0. The third-order valence-corrected chi connectivity index (χ3v) is 4.15. The van der Waals surface area contributed by atoms with Gasteiger partial charge in [-0.1, -0.05) is 34.6 Å². The molecular weight excluding hydrogens is 463 g/mol. The zero-order chi connectivity index (χ0) is 22.0. The summed E-state index contributed by atoms with van der Waals surface area (Å²) in [7, 11) is 0. The molecule has 0 aliphatic heterocycles. The Morgan fingerprint density at radius 3 is 0.387 bits per heavy atom. The number of hydrogen-bond donors (Lipinski definition) is 0. The molecule has 0 atom stereocenters. The molecule has 0 unspecified atom stereocenters. The number of aryl methyl sites for hydroxylation is 5. The van der Waals surface area contributed by atoms with Crippen molar-refractivity contribution in [3.8, 4) is 0 Å². The molecule has 0 bridgehead atoms. The predicted octanol–water partition coefficient (Wildman–Crippen LogP) is 8.57. The number of hydrogen-bond acceptors (Lipinski definition) is 0. The molecule has 0 N–H and O–H groups in total. The normalized spacial score (nSPS) is 8.55. The molecule has 0 fully saturated rings. The van der Waals surface area contributed by atoms with E-state index in [0.717, 1.165) is 0 Å². The molecule has 0 saturated heterocycles. The molecule has 0 saturated carbocycles. The maximum atomic E-state index is 2.08. The van der Waals surface area contributed by atoms with Crippen LogP contribution < -0.4 is 0 Å². The van der Waals surface area contributed by atoms with E-state index in [9.17, 15) is 0 Å². The largest absolute Gasteiger partial charge is 3.00 e. The van der Waals surface area contributed by atoms with E-state index in [1.165, 1.54) is 27.8 Å². The van der Waals surface area contributed by atoms with Gasteiger partial charge in [-0.05, 0) is 0 Å². The van der Waals surface area contributed by atoms with Crippen LogP contribution in [0, 0.1) is 34.6 Å². The van der Waals surface area contributed by atoms with Crippen LogP contribution in [0.2, 0.25) is 0 Å². The molecule has 0 aliphatic carbocycles. The summed E-state index contributed by atoms with van der Waals surface area (Å²) >= 11 is 0. The minimum Gasteiger partial charge on any atom is -0.213 e. The van der Waals surface area contributed by atoms with E-state index in [1.807, 2.05) is 60.7 Å². The third kappa shape index (κ3) is 16.8. The van der Waals surface area contributed by atoms with E-state index >= 15 is 0 Å². The van der Waals surface area contributed by atoms with Crippen molar-refractivity contribution in [2.24, 2.45) is 0 Å². The Hall–Kier alpha value is -2.63. The van der Waals surface area contributed by atoms with Gasteiger partial charge in [0.2, 0.25) is 0 Å². The van der Waals surface area contributed by atoms with Gasteiger partial charge in [-0.25, -0.2) is 60.7 Å². The van der Waals surface area contributed by atoms with E-state index in [2.05, 4.69) is 95.3 Å². The van der Waals surface area contributed by atoms with E-state index in [-0.39, 0.29) is 19.5 Å². The minimum atomic E-state index is 0. The van der Waals surface area contributed by atoms with Crippen LogP contribution in [-0.2, 0) is 19.5 Å². The van der Waals surface area contributed by atoms with Crippen molar-refractivity contribution in [3.63, 3.8) is 0 Å². The molecule has 5 aromatic rings. The fraction of sp³-hybridized carbons (Fsp3) is 0.167. The summed E-state index contributed by atoms with van der Waals surface area (Å²) in [6.07, 6.45) is 0. The van der Waals surface area contributed by atoms with Crippen molar-refractivity contribution in [2.75, 3.05) is 0 Å². The van der Waals surface area contributed by atoms with Crippen LogP contribution in [0.25, 0.3) is 0 Å². The van der Waals surface area contributed by atoms with Gasteiger partial charge in [0.25, 0.3) is 0 Å². The van der Waals surface area contributed by atoms with E-state index in [0.29, 0.717) is 0 Å². The first kappa shape index (κ1) is 28.4. The van der Waals surface area contributed by atoms with Crippen molar-refractivity contribution in [1.82, 2.24) is 0 Å². The topological polar surface area (TPSA) is 0 Å². The smallest absolute Gasteiger partial charge is 0.213 e. The molecule has 0 aromatic heterocycles. The fourth-order valence-corrected chi connectivity index (χ4v) is 2.35. The maximum absolute atomic E-state index is 2.08. The second-order valence-electron chi connectivity index (χ2n) is 7.31. The van der Waals surface area contributed by atoms with Gasteiger partial charge < -0.3 is 0 Å². The molecule has 0 radical (unpaired) electrons. The summed E-state index contributed by atoms with van der Waals surface area (Å²) < 4.78 is 0. The van der Waals surface area contributed by atoms with Crippen LogP contribution >= 0.6 is 0 Å². The summed E-state index contributed by atoms with van der Waals surface area (Å²) in [6, 6.07) is 41.2. The van der Waals surface area contributed by atoms with Crippen molar-refractivity contribution < 1.29 is 19.5 Å². The SMILES string of the molecule is C[c-]1cccc1.C[c-]1cccc1.C[c-]1cccc1.C[c-]1cccc1.C[c-]1cccc1.[Rh+3]. The van der Waals surface area contributed by atoms with Crippen LogP contribution in [-0.4, -0.2) is 0 Å². The Balaban J connectivity index is 0.000000360. The van der Waals surface area contributed by atoms with Crippen molar-refractivity contribution >= 4 is 0 Å². The Kier molecular flexibility index (Phi) is 16.6. The van der Waals surface area contributed by atoms with Crippen LogP contribution in [0.3, 0.4) is 0 Å². The summed E-state index contributed by atoms with van der Waals surface area (Å²) in [5, 5.41) is 0. The molecule has 1 heteroatoms. The van der Waals surface area contributed by atoms with Crippen molar-refractivity contribution in [2.45, 2.75) is 34.6 Å². The molecule has 0 nitrogen and oxygen atoms in total. The van der Waals surface area contributed by atoms with E-state index in [1.54, 1.807) is 0 Å². The number of rotatable bonds is 0. The summed E-state index contributed by atoms with van der Waals surface area (Å²) in [4.78, 5) is 0. The summed E-state index contributed by atoms with van der Waals surface area (Å²) in [6.45, 7) is 10.4. The van der Waals surface area contributed by atoms with E-state index < -0.39 is 0 Å². The monoisotopic (exact) mass is 498 g/mol. The fourth-order valence-electron chi connectivity index (χ4n) is 2.35. The Morgan fingerprint density at radius 2 is 0.355 bits per heavy atom. The van der Waals surface area contributed by atoms with Crippen LogP contribution in [0.5, 0.6) is 0 Å². The average molecular weight is 499 g/mol. The predicted molar refractivity (Wildman–Crippen MR) is 134 cm³/mol. The summed E-state index contributed by atoms with van der Waals surface area (Å²) in [5.41, 5.74) is 6.71. The molecule has 0 amide bonds. The van der Waals surface area contributed by atoms with Gasteiger partial charge in [0.05, 0.1) is 0 Å². The first-order chi connectivity index (χ1) is 14.5. The van der Waals surface area contributed by atoms with E-state index in [4.69, 9.17) is 0 Å². The van der Waals surface area contributed by atoms with Crippen LogP contribution in [0.15, 0.2) is 121 Å².